The zero-order valence-electron chi connectivity index (χ0n) is 32.2. The van der Waals surface area contributed by atoms with E-state index in [0.717, 1.165) is 6.54 Å². The fraction of sp³-hybridized carbons (Fsp3) is 0.0930. The molecule has 0 radical (unpaired) electrons. The molecule has 0 bridgehead atoms. The predicted molar refractivity (Wildman–Crippen MR) is 193 cm³/mol. The molecule has 22 heteroatoms. The van der Waals surface area contributed by atoms with Crippen LogP contribution in [0.5, 0.6) is 0 Å². The Morgan fingerprint density at radius 3 is 0.923 bits per heavy atom. The lowest BCUT2D eigenvalue weighted by atomic mass is 9.12. The summed E-state index contributed by atoms with van der Waals surface area (Å²) in [6, 6.07) is 19.6. The van der Waals surface area contributed by atoms with Crippen LogP contribution < -0.4 is 26.4 Å². The summed E-state index contributed by atoms with van der Waals surface area (Å²) in [7, 11) is 0. The summed E-state index contributed by atoms with van der Waals surface area (Å²) in [6.07, 6.45) is -2.85. The summed E-state index contributed by atoms with van der Waals surface area (Å²) in [5, 5.41) is 2.58. The van der Waals surface area contributed by atoms with E-state index in [-0.39, 0.29) is 0 Å². The molecule has 0 N–H and O–H groups in total. The van der Waals surface area contributed by atoms with Gasteiger partial charge in [0.25, 0.3) is 0 Å². The van der Waals surface area contributed by atoms with E-state index in [2.05, 4.69) is 85.4 Å². The number of pyridine rings is 1. The van der Waals surface area contributed by atoms with Crippen LogP contribution in [-0.4, -0.2) is 6.15 Å². The Kier molecular flexibility index (Phi) is 13.1. The first-order valence-corrected chi connectivity index (χ1v) is 18.1. The maximum Gasteiger partial charge on any atom is 0.200 e. The maximum atomic E-state index is 15.4. The molecule has 0 aliphatic carbocycles. The van der Waals surface area contributed by atoms with Crippen molar-refractivity contribution in [2.75, 3.05) is 0 Å². The minimum atomic E-state index is -7.22. The topological polar surface area (TPSA) is 3.88 Å². The summed E-state index contributed by atoms with van der Waals surface area (Å²) in [5.41, 5.74) is -11.6. The molecule has 340 valence electrons. The highest BCUT2D eigenvalue weighted by atomic mass is 19.2. The number of halogens is 20. The molecular formula is C43H20BF20N. The molecule has 6 aromatic carbocycles. The number of nitrogens with zero attached hydrogens (tertiary/aromatic N) is 1. The number of fused-ring (bicyclic) bond motifs is 1. The molecule has 0 saturated heterocycles. The van der Waals surface area contributed by atoms with Gasteiger partial charge in [0.05, 0.1) is 0 Å². The average molecular weight is 941 g/mol. The molecule has 1 nitrogen and oxygen atoms in total. The van der Waals surface area contributed by atoms with E-state index in [0.29, 0.717) is 5.92 Å². The molecule has 1 aromatic heterocycles. The molecule has 0 aliphatic heterocycles. The van der Waals surface area contributed by atoms with Crippen LogP contribution in [0.4, 0.5) is 87.8 Å². The van der Waals surface area contributed by atoms with Crippen molar-refractivity contribution in [3.05, 3.63) is 194 Å². The largest absolute Gasteiger partial charge is 0.207 e. The molecule has 0 unspecified atom stereocenters. The summed E-state index contributed by atoms with van der Waals surface area (Å²) in [4.78, 5) is 0. The molecule has 0 amide bonds. The Labute approximate surface area is 351 Å². The van der Waals surface area contributed by atoms with Crippen molar-refractivity contribution < 1.29 is 92.4 Å². The molecule has 0 spiro atoms. The lowest BCUT2D eigenvalue weighted by Crippen LogP contribution is -2.81. The van der Waals surface area contributed by atoms with Crippen molar-refractivity contribution in [2.24, 2.45) is 0 Å². The first-order valence-electron chi connectivity index (χ1n) is 18.1. The van der Waals surface area contributed by atoms with Gasteiger partial charge in [-0.1, -0.05) is 56.3 Å². The van der Waals surface area contributed by atoms with Crippen LogP contribution in [0.2, 0.25) is 0 Å². The molecule has 1 heterocycles. The van der Waals surface area contributed by atoms with Gasteiger partial charge in [-0.05, 0) is 22.9 Å². The first-order chi connectivity index (χ1) is 30.4. The van der Waals surface area contributed by atoms with Crippen LogP contribution in [-0.2, 0) is 6.54 Å². The fourth-order valence-corrected chi connectivity index (χ4v) is 7.37. The van der Waals surface area contributed by atoms with E-state index in [1.54, 1.807) is 0 Å². The minimum absolute atomic E-state index is 0.595. The summed E-state index contributed by atoms with van der Waals surface area (Å²) in [6.45, 7) is 5.38. The second-order valence-corrected chi connectivity index (χ2v) is 14.4. The molecule has 0 saturated carbocycles. The minimum Gasteiger partial charge on any atom is -0.207 e. The van der Waals surface area contributed by atoms with E-state index in [4.69, 9.17) is 0 Å². The molecule has 7 aromatic rings. The standard InChI is InChI=1S/C24BF20.C19H20N/c26-5-1(6(27)14(35)21(42)13(5)34)25(2-7(28)15(36)22(43)16(37)8(2)29,3-9(30)17(38)23(44)18(39)10(3)31)4-11(32)19(40)24(45)20(41)12(4)33;1-15(2)17-9-7-16(8-10-17)13-20-12-11-18-5-3-4-6-19(18)14-20/h;3-12,14-15H,13H2,1-2H3/q-1;+1. The molecule has 0 atom stereocenters. The highest BCUT2D eigenvalue weighted by molar-refractivity contribution is 7.20. The van der Waals surface area contributed by atoms with Crippen LogP contribution >= 0.6 is 0 Å². The SMILES string of the molecule is CC(C)c1ccc(C[n+]2ccc3ccccc3c2)cc1.Fc1c(F)c(F)c([B-](c2c(F)c(F)c(F)c(F)c2F)(c2c(F)c(F)c(F)c(F)c2F)c2c(F)c(F)c(F)c(F)c2F)c(F)c1F. The molecule has 65 heavy (non-hydrogen) atoms. The number of rotatable bonds is 7. The quantitative estimate of drug-likeness (QED) is 0.0493. The highest BCUT2D eigenvalue weighted by Gasteiger charge is 2.52. The molecular weight excluding hydrogens is 921 g/mol. The average Bonchev–Trinajstić information content (AvgIpc) is 3.29. The first kappa shape index (κ1) is 47.9. The molecule has 7 rings (SSSR count). The van der Waals surface area contributed by atoms with Crippen molar-refractivity contribution in [3.63, 3.8) is 0 Å². The van der Waals surface area contributed by atoms with Crippen molar-refractivity contribution in [1.29, 1.82) is 0 Å². The number of benzene rings is 6. The third-order valence-corrected chi connectivity index (χ3v) is 10.5. The monoisotopic (exact) mass is 941 g/mol. The van der Waals surface area contributed by atoms with E-state index < -0.39 is 144 Å². The van der Waals surface area contributed by atoms with Gasteiger partial charge in [0.1, 0.15) is 52.7 Å². The second kappa shape index (κ2) is 17.8. The Bertz CT molecular complexity index is 2660. The van der Waals surface area contributed by atoms with E-state index in [9.17, 15) is 52.7 Å². The zero-order valence-corrected chi connectivity index (χ0v) is 32.2. The van der Waals surface area contributed by atoms with E-state index in [1.807, 2.05) is 0 Å². The van der Waals surface area contributed by atoms with Crippen molar-refractivity contribution in [1.82, 2.24) is 0 Å². The number of aromatic nitrogens is 1. The Morgan fingerprint density at radius 2 is 0.631 bits per heavy atom. The summed E-state index contributed by atoms with van der Waals surface area (Å²) < 4.78 is 296. The summed E-state index contributed by atoms with van der Waals surface area (Å²) >= 11 is 0. The van der Waals surface area contributed by atoms with Crippen LogP contribution in [0.3, 0.4) is 0 Å². The zero-order chi connectivity index (χ0) is 48.3. The van der Waals surface area contributed by atoms with Gasteiger partial charge < -0.3 is 0 Å². The lowest BCUT2D eigenvalue weighted by Gasteiger charge is -2.44. The maximum absolute atomic E-state index is 15.4. The lowest BCUT2D eigenvalue weighted by molar-refractivity contribution is -0.687. The smallest absolute Gasteiger partial charge is 0.200 e. The second-order valence-electron chi connectivity index (χ2n) is 14.4. The fourth-order valence-electron chi connectivity index (χ4n) is 7.37. The van der Waals surface area contributed by atoms with Crippen molar-refractivity contribution in [3.8, 4) is 0 Å². The van der Waals surface area contributed by atoms with Crippen LogP contribution in [0, 0.1) is 116 Å². The Hall–Kier alpha value is -6.61. The van der Waals surface area contributed by atoms with Gasteiger partial charge in [0, 0.05) is 17.0 Å². The van der Waals surface area contributed by atoms with Crippen molar-refractivity contribution in [2.45, 2.75) is 26.3 Å². The van der Waals surface area contributed by atoms with E-state index in [1.165, 1.54) is 21.9 Å². The predicted octanol–water partition coefficient (Wildman–Crippen LogP) is 10.1. The van der Waals surface area contributed by atoms with Gasteiger partial charge in [0.2, 0.25) is 0 Å². The number of hydrogen-bond donors (Lipinski definition) is 0. The normalized spacial score (nSPS) is 11.7. The Morgan fingerprint density at radius 1 is 0.354 bits per heavy atom. The molecule has 0 fully saturated rings. The van der Waals surface area contributed by atoms with Crippen LogP contribution in [0.15, 0.2) is 67.0 Å². The number of hydrogen-bond acceptors (Lipinski definition) is 0. The van der Waals surface area contributed by atoms with Gasteiger partial charge >= 0.3 is 0 Å². The molecule has 0 aliphatic rings. The third-order valence-electron chi connectivity index (χ3n) is 10.5. The van der Waals surface area contributed by atoms with Gasteiger partial charge in [-0.3, -0.25) is 0 Å². The van der Waals surface area contributed by atoms with Gasteiger partial charge in [0.15, 0.2) is 88.7 Å². The van der Waals surface area contributed by atoms with Crippen molar-refractivity contribution >= 4 is 38.8 Å². The highest BCUT2D eigenvalue weighted by Crippen LogP contribution is 2.31. The third kappa shape index (κ3) is 7.68. The Balaban J connectivity index is 0.000000289. The van der Waals surface area contributed by atoms with Crippen LogP contribution in [0.1, 0.15) is 30.9 Å². The van der Waals surface area contributed by atoms with E-state index >= 15 is 35.1 Å². The van der Waals surface area contributed by atoms with Gasteiger partial charge in [-0.25, -0.2) is 92.4 Å². The van der Waals surface area contributed by atoms with Gasteiger partial charge in [-0.15, -0.1) is 21.9 Å². The summed E-state index contributed by atoms with van der Waals surface area (Å²) in [5.74, 6) is -70.8. The van der Waals surface area contributed by atoms with Gasteiger partial charge in [-0.2, -0.15) is 0 Å². The van der Waals surface area contributed by atoms with Crippen LogP contribution in [0.25, 0.3) is 10.8 Å².